The molecule has 0 aromatic heterocycles. The minimum absolute atomic E-state index is 0.476. The van der Waals surface area contributed by atoms with Crippen LogP contribution in [0.1, 0.15) is 64.2 Å². The fraction of sp³-hybridized carbons (Fsp3) is 0.923. The van der Waals surface area contributed by atoms with E-state index in [1.54, 1.807) is 0 Å². The van der Waals surface area contributed by atoms with Crippen LogP contribution in [-0.2, 0) is 4.79 Å². The quantitative estimate of drug-likeness (QED) is 0.302. The molecule has 0 bridgehead atoms. The molecule has 5 N–H and O–H groups in total. The van der Waals surface area contributed by atoms with Crippen LogP contribution in [-0.4, -0.2) is 34.3 Å². The van der Waals surface area contributed by atoms with Gasteiger partial charge in [-0.05, 0) is 12.7 Å². The molecule has 0 heterocycles. The Morgan fingerprint density at radius 1 is 0.895 bits per heavy atom. The third-order valence-electron chi connectivity index (χ3n) is 3.29. The van der Waals surface area contributed by atoms with Crippen molar-refractivity contribution in [2.45, 2.75) is 76.6 Å². The molecule has 0 aromatic carbocycles. The van der Waals surface area contributed by atoms with Gasteiger partial charge < -0.3 is 20.9 Å². The van der Waals surface area contributed by atoms with Gasteiger partial charge in [-0.25, -0.2) is 0 Å². The fourth-order valence-corrected chi connectivity index (χ4v) is 2.05. The molecule has 0 unspecified atom stereocenters. The number of nitrogens with two attached hydrogens (primary N) is 1. The number of carbonyl (C=O) groups is 1. The number of carboxylic acids is 1. The van der Waals surface area contributed by atoms with Crippen LogP contribution < -0.4 is 5.73 Å². The van der Waals surface area contributed by atoms with E-state index in [9.17, 15) is 4.79 Å². The first kappa shape index (κ1) is 18.4. The van der Waals surface area contributed by atoms with Gasteiger partial charge in [0, 0.05) is 0 Å². The van der Waals surface area contributed by atoms with Crippen molar-refractivity contribution < 1.29 is 19.9 Å². The van der Waals surface area contributed by atoms with Gasteiger partial charge in [0.2, 0.25) is 0 Å². The molecule has 0 radical (unpaired) electrons. The zero-order valence-electron chi connectivity index (χ0n) is 11.8. The van der Waals surface area contributed by atoms with E-state index in [0.29, 0.717) is 12.7 Å². The highest BCUT2D eigenvalue weighted by atomic mass is 16.4. The lowest BCUT2D eigenvalue weighted by molar-refractivity contribution is -0.138. The molecular formula is C13H28BNO4. The van der Waals surface area contributed by atoms with E-state index in [2.05, 4.69) is 0 Å². The van der Waals surface area contributed by atoms with E-state index in [0.717, 1.165) is 38.5 Å². The predicted molar refractivity (Wildman–Crippen MR) is 76.8 cm³/mol. The predicted octanol–water partition coefficient (Wildman–Crippen LogP) is 1.77. The van der Waals surface area contributed by atoms with Crippen LogP contribution in [0.5, 0.6) is 0 Å². The summed E-state index contributed by atoms with van der Waals surface area (Å²) < 4.78 is 0. The molecule has 0 aliphatic rings. The average molecular weight is 273 g/mol. The van der Waals surface area contributed by atoms with E-state index in [-0.39, 0.29) is 0 Å². The number of carboxylic acid groups (broad SMARTS) is 1. The molecular weight excluding hydrogens is 245 g/mol. The highest BCUT2D eigenvalue weighted by molar-refractivity contribution is 6.40. The van der Waals surface area contributed by atoms with E-state index in [4.69, 9.17) is 20.9 Å². The van der Waals surface area contributed by atoms with Crippen LogP contribution in [0.25, 0.3) is 0 Å². The lowest BCUT2D eigenvalue weighted by Gasteiger charge is -2.05. The van der Waals surface area contributed by atoms with Gasteiger partial charge in [-0.15, -0.1) is 0 Å². The largest absolute Gasteiger partial charge is 0.480 e. The van der Waals surface area contributed by atoms with E-state index < -0.39 is 19.1 Å². The number of aliphatic carboxylic acids is 1. The maximum Gasteiger partial charge on any atom is 0.451 e. The second kappa shape index (κ2) is 12.4. The second-order valence-corrected chi connectivity index (χ2v) is 5.18. The van der Waals surface area contributed by atoms with Crippen LogP contribution >= 0.6 is 0 Å². The molecule has 0 rings (SSSR count). The summed E-state index contributed by atoms with van der Waals surface area (Å²) in [5, 5.41) is 25.9. The minimum Gasteiger partial charge on any atom is -0.480 e. The standard InChI is InChI=1S/C13H28BNO4/c15-12(13(16)17)10-8-6-4-2-1-3-5-7-9-11-14(18)19/h12,18-19H,1-11,15H2,(H,16,17)/t12-/m0/s1. The highest BCUT2D eigenvalue weighted by Crippen LogP contribution is 2.12. The zero-order valence-corrected chi connectivity index (χ0v) is 11.8. The van der Waals surface area contributed by atoms with E-state index in [1.807, 2.05) is 0 Å². The summed E-state index contributed by atoms with van der Waals surface area (Å²) in [5.74, 6) is -0.909. The number of rotatable bonds is 13. The smallest absolute Gasteiger partial charge is 0.451 e. The van der Waals surface area contributed by atoms with Crippen molar-refractivity contribution in [2.75, 3.05) is 0 Å². The summed E-state index contributed by atoms with van der Waals surface area (Å²) in [6.45, 7) is 0. The molecule has 0 saturated carbocycles. The van der Waals surface area contributed by atoms with Gasteiger partial charge in [0.25, 0.3) is 0 Å². The summed E-state index contributed by atoms with van der Waals surface area (Å²) >= 11 is 0. The monoisotopic (exact) mass is 273 g/mol. The summed E-state index contributed by atoms with van der Waals surface area (Å²) in [5.41, 5.74) is 5.41. The average Bonchev–Trinajstić information content (AvgIpc) is 2.35. The Kier molecular flexibility index (Phi) is 12.1. The van der Waals surface area contributed by atoms with Crippen LogP contribution in [0, 0.1) is 0 Å². The molecule has 112 valence electrons. The Balaban J connectivity index is 3.09. The van der Waals surface area contributed by atoms with Crippen LogP contribution in [0.4, 0.5) is 0 Å². The summed E-state index contributed by atoms with van der Waals surface area (Å²) in [6.07, 6.45) is 10.8. The van der Waals surface area contributed by atoms with Gasteiger partial charge in [-0.3, -0.25) is 4.79 Å². The van der Waals surface area contributed by atoms with Crippen molar-refractivity contribution in [3.8, 4) is 0 Å². The molecule has 0 aliphatic carbocycles. The van der Waals surface area contributed by atoms with Crippen molar-refractivity contribution >= 4 is 13.1 Å². The van der Waals surface area contributed by atoms with Crippen LogP contribution in [0.3, 0.4) is 0 Å². The Morgan fingerprint density at radius 3 is 1.74 bits per heavy atom. The van der Waals surface area contributed by atoms with Crippen molar-refractivity contribution in [1.29, 1.82) is 0 Å². The van der Waals surface area contributed by atoms with Gasteiger partial charge in [0.05, 0.1) is 0 Å². The summed E-state index contributed by atoms with van der Waals surface area (Å²) in [4.78, 5) is 10.5. The fourth-order valence-electron chi connectivity index (χ4n) is 2.05. The normalized spacial score (nSPS) is 12.4. The third kappa shape index (κ3) is 13.6. The molecule has 0 spiro atoms. The first-order valence-electron chi connectivity index (χ1n) is 7.38. The molecule has 0 aliphatic heterocycles. The molecule has 19 heavy (non-hydrogen) atoms. The SMILES string of the molecule is N[C@@H](CCCCCCCCCCCB(O)O)C(=O)O. The zero-order chi connectivity index (χ0) is 14.5. The van der Waals surface area contributed by atoms with Crippen molar-refractivity contribution in [3.05, 3.63) is 0 Å². The van der Waals surface area contributed by atoms with Gasteiger partial charge in [0.1, 0.15) is 6.04 Å². The number of hydrogen-bond donors (Lipinski definition) is 4. The van der Waals surface area contributed by atoms with Crippen LogP contribution in [0.15, 0.2) is 0 Å². The Labute approximate surface area is 116 Å². The molecule has 0 fully saturated rings. The maximum absolute atomic E-state index is 10.5. The van der Waals surface area contributed by atoms with Gasteiger partial charge in [-0.2, -0.15) is 0 Å². The van der Waals surface area contributed by atoms with Gasteiger partial charge in [-0.1, -0.05) is 57.8 Å². The lowest BCUT2D eigenvalue weighted by Crippen LogP contribution is -2.29. The van der Waals surface area contributed by atoms with E-state index >= 15 is 0 Å². The lowest BCUT2D eigenvalue weighted by atomic mass is 9.83. The molecule has 0 amide bonds. The Bertz CT molecular complexity index is 227. The van der Waals surface area contributed by atoms with E-state index in [1.165, 1.54) is 19.3 Å². The third-order valence-corrected chi connectivity index (χ3v) is 3.29. The Hall–Kier alpha value is -0.585. The Morgan fingerprint density at radius 2 is 1.32 bits per heavy atom. The second-order valence-electron chi connectivity index (χ2n) is 5.18. The molecule has 0 saturated heterocycles. The first-order chi connectivity index (χ1) is 9.04. The van der Waals surface area contributed by atoms with Gasteiger partial charge in [0.15, 0.2) is 0 Å². The molecule has 0 aromatic rings. The first-order valence-corrected chi connectivity index (χ1v) is 7.38. The molecule has 5 nitrogen and oxygen atoms in total. The summed E-state index contributed by atoms with van der Waals surface area (Å²) in [6, 6.07) is -0.707. The minimum atomic E-state index is -1.16. The topological polar surface area (TPSA) is 104 Å². The molecule has 6 heteroatoms. The highest BCUT2D eigenvalue weighted by Gasteiger charge is 2.09. The van der Waals surface area contributed by atoms with Gasteiger partial charge >= 0.3 is 13.1 Å². The number of hydrogen-bond acceptors (Lipinski definition) is 4. The van der Waals surface area contributed by atoms with Crippen LogP contribution in [0.2, 0.25) is 6.32 Å². The maximum atomic E-state index is 10.5. The molecule has 1 atom stereocenters. The van der Waals surface area contributed by atoms with Crippen molar-refractivity contribution in [3.63, 3.8) is 0 Å². The van der Waals surface area contributed by atoms with Crippen molar-refractivity contribution in [1.82, 2.24) is 0 Å². The summed E-state index contributed by atoms with van der Waals surface area (Å²) in [7, 11) is -1.16. The number of unbranched alkanes of at least 4 members (excludes halogenated alkanes) is 8. The van der Waals surface area contributed by atoms with Crippen molar-refractivity contribution in [2.24, 2.45) is 5.73 Å².